The second kappa shape index (κ2) is 7.42. The molecule has 4 saturated heterocycles. The molecule has 8 heteroatoms. The first-order chi connectivity index (χ1) is 14.6. The molecule has 1 aromatic carbocycles. The molecular formula is C23H29F3O5. The highest BCUT2D eigenvalue weighted by Crippen LogP contribution is 2.61. The molecule has 9 atom stereocenters. The van der Waals surface area contributed by atoms with E-state index in [4.69, 9.17) is 24.0 Å². The highest BCUT2D eigenvalue weighted by molar-refractivity contribution is 5.19. The van der Waals surface area contributed by atoms with Gasteiger partial charge in [-0.1, -0.05) is 44.2 Å². The van der Waals surface area contributed by atoms with Crippen molar-refractivity contribution in [3.05, 3.63) is 35.9 Å². The summed E-state index contributed by atoms with van der Waals surface area (Å²) in [6.45, 7) is 5.86. The minimum atomic E-state index is -4.57. The van der Waals surface area contributed by atoms with Gasteiger partial charge in [-0.25, -0.2) is 9.78 Å². The van der Waals surface area contributed by atoms with Crippen LogP contribution in [0.3, 0.4) is 0 Å². The summed E-state index contributed by atoms with van der Waals surface area (Å²) in [5, 5.41) is 0. The summed E-state index contributed by atoms with van der Waals surface area (Å²) in [5.74, 6) is -0.867. The Kier molecular flexibility index (Phi) is 5.18. The predicted molar refractivity (Wildman–Crippen MR) is 103 cm³/mol. The number of benzene rings is 1. The third kappa shape index (κ3) is 3.42. The van der Waals surface area contributed by atoms with Gasteiger partial charge < -0.3 is 14.2 Å². The average Bonchev–Trinajstić information content (AvgIpc) is 2.95. The van der Waals surface area contributed by atoms with Crippen molar-refractivity contribution in [3.8, 4) is 0 Å². The lowest BCUT2D eigenvalue weighted by Crippen LogP contribution is -2.70. The van der Waals surface area contributed by atoms with Crippen LogP contribution in [-0.2, 0) is 24.0 Å². The largest absolute Gasteiger partial charge is 0.418 e. The molecule has 2 unspecified atom stereocenters. The number of hydrogen-bond acceptors (Lipinski definition) is 5. The molecular weight excluding hydrogens is 413 g/mol. The van der Waals surface area contributed by atoms with Gasteiger partial charge >= 0.3 is 6.18 Å². The van der Waals surface area contributed by atoms with Crippen LogP contribution in [0.1, 0.15) is 58.1 Å². The van der Waals surface area contributed by atoms with Crippen LogP contribution in [0, 0.1) is 23.7 Å². The fraction of sp³-hybridized carbons (Fsp3) is 0.739. The molecule has 6 rings (SSSR count). The van der Waals surface area contributed by atoms with Crippen LogP contribution in [-0.4, -0.2) is 30.1 Å². The fourth-order valence-corrected chi connectivity index (χ4v) is 6.13. The molecule has 172 valence electrons. The summed E-state index contributed by atoms with van der Waals surface area (Å²) in [5.41, 5.74) is -0.774. The van der Waals surface area contributed by atoms with Crippen LogP contribution < -0.4 is 0 Å². The maximum absolute atomic E-state index is 13.9. The minimum Gasteiger partial charge on any atom is -0.335 e. The Bertz CT molecular complexity index is 804. The Hall–Kier alpha value is -1.19. The molecule has 0 radical (unpaired) electrons. The molecule has 2 bridgehead atoms. The summed E-state index contributed by atoms with van der Waals surface area (Å²) in [6.07, 6.45) is -5.29. The normalized spacial score (nSPS) is 45.6. The smallest absolute Gasteiger partial charge is 0.335 e. The predicted octanol–water partition coefficient (Wildman–Crippen LogP) is 5.51. The van der Waals surface area contributed by atoms with Crippen LogP contribution >= 0.6 is 0 Å². The highest BCUT2D eigenvalue weighted by atomic mass is 19.4. The minimum absolute atomic E-state index is 0.0519. The van der Waals surface area contributed by atoms with E-state index < -0.39 is 36.2 Å². The van der Waals surface area contributed by atoms with Gasteiger partial charge in [-0.15, -0.1) is 0 Å². The second-order valence-electron chi connectivity index (χ2n) is 9.74. The van der Waals surface area contributed by atoms with E-state index in [1.807, 2.05) is 6.92 Å². The van der Waals surface area contributed by atoms with Crippen LogP contribution in [0.2, 0.25) is 0 Å². The number of alkyl halides is 3. The Balaban J connectivity index is 1.48. The van der Waals surface area contributed by atoms with Gasteiger partial charge in [-0.3, -0.25) is 0 Å². The van der Waals surface area contributed by atoms with Crippen molar-refractivity contribution in [2.24, 2.45) is 23.7 Å². The monoisotopic (exact) mass is 442 g/mol. The molecule has 5 fully saturated rings. The van der Waals surface area contributed by atoms with Crippen LogP contribution in [0.5, 0.6) is 0 Å². The van der Waals surface area contributed by atoms with E-state index in [1.54, 1.807) is 25.1 Å². The lowest BCUT2D eigenvalue weighted by atomic mass is 9.58. The van der Waals surface area contributed by atoms with E-state index in [1.165, 1.54) is 12.1 Å². The third-order valence-electron chi connectivity index (χ3n) is 7.77. The highest BCUT2D eigenvalue weighted by Gasteiger charge is 2.69. The molecule has 1 saturated carbocycles. The first-order valence-corrected chi connectivity index (χ1v) is 11.1. The summed E-state index contributed by atoms with van der Waals surface area (Å²) in [6, 6.07) is 7.67. The molecule has 31 heavy (non-hydrogen) atoms. The molecule has 1 aliphatic carbocycles. The molecule has 0 aromatic heterocycles. The van der Waals surface area contributed by atoms with Gasteiger partial charge in [0.2, 0.25) is 5.79 Å². The van der Waals surface area contributed by atoms with E-state index in [2.05, 4.69) is 6.92 Å². The molecule has 4 heterocycles. The lowest BCUT2D eigenvalue weighted by Gasteiger charge is -2.60. The topological polar surface area (TPSA) is 46.2 Å². The van der Waals surface area contributed by atoms with E-state index in [-0.39, 0.29) is 23.3 Å². The average molecular weight is 442 g/mol. The Morgan fingerprint density at radius 3 is 2.48 bits per heavy atom. The SMILES string of the molecule is C[C@@H]1CC[C@H]2[C@@H](C)C(OC(c3ccccc3)C(F)(F)F)O[C@@H]3O[C@]4(C)CC[C@@H]1[C@]32OO4. The van der Waals surface area contributed by atoms with Gasteiger partial charge in [0.05, 0.1) is 0 Å². The molecule has 1 spiro atoms. The number of halogens is 3. The van der Waals surface area contributed by atoms with E-state index >= 15 is 0 Å². The van der Waals surface area contributed by atoms with Crippen LogP contribution in [0.15, 0.2) is 30.3 Å². The van der Waals surface area contributed by atoms with Crippen molar-refractivity contribution >= 4 is 0 Å². The van der Waals surface area contributed by atoms with E-state index in [9.17, 15) is 13.2 Å². The summed E-state index contributed by atoms with van der Waals surface area (Å²) >= 11 is 0. The Labute approximate surface area is 180 Å². The number of ether oxygens (including phenoxy) is 3. The first-order valence-electron chi connectivity index (χ1n) is 11.1. The second-order valence-corrected chi connectivity index (χ2v) is 9.74. The van der Waals surface area contributed by atoms with Crippen LogP contribution in [0.25, 0.3) is 0 Å². The third-order valence-corrected chi connectivity index (χ3v) is 7.77. The van der Waals surface area contributed by atoms with Crippen molar-refractivity contribution in [3.63, 3.8) is 0 Å². The number of rotatable bonds is 3. The summed E-state index contributed by atoms with van der Waals surface area (Å²) in [7, 11) is 0. The first kappa shape index (κ1) is 21.6. The number of hydrogen-bond donors (Lipinski definition) is 0. The van der Waals surface area contributed by atoms with Gasteiger partial charge in [0, 0.05) is 18.3 Å². The molecule has 1 aromatic rings. The van der Waals surface area contributed by atoms with Gasteiger partial charge in [-0.05, 0) is 43.6 Å². The van der Waals surface area contributed by atoms with Gasteiger partial charge in [-0.2, -0.15) is 13.2 Å². The standard InChI is InChI=1S/C23H29F3O5/c1-13-9-10-17-14(2)19(27-18(23(24,25)26)15-7-5-4-6-8-15)28-20-22(17)16(13)11-12-21(3,29-20)30-31-22/h4-8,13-14,16-20H,9-12H2,1-3H3/t13-,14-,16+,17+,18?,19?,20-,21+,22-/m1/s1. The van der Waals surface area contributed by atoms with Crippen molar-refractivity contribution in [1.82, 2.24) is 0 Å². The quantitative estimate of drug-likeness (QED) is 0.578. The van der Waals surface area contributed by atoms with Gasteiger partial charge in [0.15, 0.2) is 24.3 Å². The zero-order valence-electron chi connectivity index (χ0n) is 17.9. The molecule has 4 aliphatic heterocycles. The van der Waals surface area contributed by atoms with Crippen molar-refractivity contribution in [2.45, 2.75) is 82.7 Å². The molecule has 0 N–H and O–H groups in total. The van der Waals surface area contributed by atoms with Gasteiger partial charge in [0.25, 0.3) is 0 Å². The number of fused-ring (bicyclic) bond motifs is 2. The Morgan fingerprint density at radius 1 is 1.03 bits per heavy atom. The zero-order valence-corrected chi connectivity index (χ0v) is 17.9. The van der Waals surface area contributed by atoms with Gasteiger partial charge in [0.1, 0.15) is 0 Å². The van der Waals surface area contributed by atoms with Crippen molar-refractivity contribution in [2.75, 3.05) is 0 Å². The Morgan fingerprint density at radius 2 is 1.77 bits per heavy atom. The van der Waals surface area contributed by atoms with E-state index in [0.717, 1.165) is 19.3 Å². The van der Waals surface area contributed by atoms with Crippen LogP contribution in [0.4, 0.5) is 13.2 Å². The fourth-order valence-electron chi connectivity index (χ4n) is 6.13. The molecule has 0 amide bonds. The van der Waals surface area contributed by atoms with Crippen molar-refractivity contribution < 1.29 is 37.2 Å². The maximum Gasteiger partial charge on any atom is 0.418 e. The van der Waals surface area contributed by atoms with Crippen molar-refractivity contribution in [1.29, 1.82) is 0 Å². The lowest BCUT2D eigenvalue weighted by molar-refractivity contribution is -0.579. The summed E-state index contributed by atoms with van der Waals surface area (Å²) < 4.78 is 59.9. The molecule has 5 nitrogen and oxygen atoms in total. The maximum atomic E-state index is 13.9. The van der Waals surface area contributed by atoms with E-state index in [0.29, 0.717) is 12.3 Å². The zero-order chi connectivity index (χ0) is 22.0. The summed E-state index contributed by atoms with van der Waals surface area (Å²) in [4.78, 5) is 11.8. The molecule has 5 aliphatic rings.